The van der Waals surface area contributed by atoms with Crippen molar-refractivity contribution in [2.24, 2.45) is 0 Å². The van der Waals surface area contributed by atoms with Crippen LogP contribution < -0.4 is 5.32 Å². The molecule has 1 fully saturated rings. The third kappa shape index (κ3) is 3.12. The highest BCUT2D eigenvalue weighted by molar-refractivity contribution is 5.37. The van der Waals surface area contributed by atoms with E-state index in [0.717, 1.165) is 26.2 Å². The summed E-state index contributed by atoms with van der Waals surface area (Å²) in [5.41, 5.74) is 0.476. The van der Waals surface area contributed by atoms with E-state index in [0.29, 0.717) is 17.9 Å². The number of nitrogens with one attached hydrogen (secondary N) is 1. The molecule has 5 heteroatoms. The van der Waals surface area contributed by atoms with Crippen molar-refractivity contribution in [3.05, 3.63) is 17.8 Å². The van der Waals surface area contributed by atoms with E-state index in [1.807, 2.05) is 6.92 Å². The summed E-state index contributed by atoms with van der Waals surface area (Å²) < 4.78 is 13.8. The summed E-state index contributed by atoms with van der Waals surface area (Å²) in [6.07, 6.45) is 4.57. The van der Waals surface area contributed by atoms with Crippen LogP contribution in [0.15, 0.2) is 6.33 Å². The minimum absolute atomic E-state index is 0.309. The van der Waals surface area contributed by atoms with E-state index in [-0.39, 0.29) is 5.82 Å². The monoisotopic (exact) mass is 238 g/mol. The Morgan fingerprint density at radius 1 is 1.35 bits per heavy atom. The molecule has 1 aromatic heterocycles. The highest BCUT2D eigenvalue weighted by Gasteiger charge is 2.12. The maximum Gasteiger partial charge on any atom is 0.186 e. The molecule has 17 heavy (non-hydrogen) atoms. The predicted octanol–water partition coefficient (Wildman–Crippen LogP) is 1.69. The molecule has 1 aliphatic heterocycles. The van der Waals surface area contributed by atoms with Gasteiger partial charge in [-0.05, 0) is 32.4 Å². The number of hydrogen-bond acceptors (Lipinski definition) is 4. The largest absolute Gasteiger partial charge is 0.366 e. The van der Waals surface area contributed by atoms with Crippen LogP contribution in [0.4, 0.5) is 10.2 Å². The van der Waals surface area contributed by atoms with Crippen LogP contribution in [0.2, 0.25) is 0 Å². The van der Waals surface area contributed by atoms with Gasteiger partial charge < -0.3 is 10.2 Å². The zero-order valence-corrected chi connectivity index (χ0v) is 10.2. The van der Waals surface area contributed by atoms with Crippen LogP contribution in [0.5, 0.6) is 0 Å². The average molecular weight is 238 g/mol. The topological polar surface area (TPSA) is 41.1 Å². The predicted molar refractivity (Wildman–Crippen MR) is 65.5 cm³/mol. The summed E-state index contributed by atoms with van der Waals surface area (Å²) >= 11 is 0. The van der Waals surface area contributed by atoms with E-state index >= 15 is 0 Å². The van der Waals surface area contributed by atoms with Gasteiger partial charge >= 0.3 is 0 Å². The zero-order chi connectivity index (χ0) is 12.1. The highest BCUT2D eigenvalue weighted by atomic mass is 19.1. The molecular formula is C12H19FN4. The first-order valence-electron chi connectivity index (χ1n) is 6.27. The molecule has 0 spiro atoms. The second-order valence-corrected chi connectivity index (χ2v) is 4.31. The van der Waals surface area contributed by atoms with E-state index in [1.54, 1.807) is 0 Å². The van der Waals surface area contributed by atoms with Crippen molar-refractivity contribution in [3.8, 4) is 0 Å². The lowest BCUT2D eigenvalue weighted by Crippen LogP contribution is -2.26. The molecule has 94 valence electrons. The summed E-state index contributed by atoms with van der Waals surface area (Å²) in [5.74, 6) is 0.0208. The molecule has 0 bridgehead atoms. The van der Waals surface area contributed by atoms with Crippen LogP contribution in [0.3, 0.4) is 0 Å². The molecule has 0 atom stereocenters. The number of likely N-dealkylation sites (tertiary alicyclic amines) is 1. The molecule has 0 amide bonds. The molecular weight excluding hydrogens is 219 g/mol. The first-order valence-corrected chi connectivity index (χ1v) is 6.27. The SMILES string of the molecule is CCc1ncnc(NCCN2CCCC2)c1F. The number of nitrogens with zero attached hydrogens (tertiary/aromatic N) is 3. The smallest absolute Gasteiger partial charge is 0.186 e. The Morgan fingerprint density at radius 3 is 2.82 bits per heavy atom. The van der Waals surface area contributed by atoms with Gasteiger partial charge in [0.05, 0.1) is 5.69 Å². The van der Waals surface area contributed by atoms with Crippen molar-refractivity contribution in [3.63, 3.8) is 0 Å². The molecule has 0 saturated carbocycles. The van der Waals surface area contributed by atoms with E-state index < -0.39 is 0 Å². The molecule has 1 N–H and O–H groups in total. The van der Waals surface area contributed by atoms with Gasteiger partial charge in [-0.2, -0.15) is 0 Å². The zero-order valence-electron chi connectivity index (χ0n) is 10.2. The van der Waals surface area contributed by atoms with Crippen molar-refractivity contribution >= 4 is 5.82 Å². The minimum Gasteiger partial charge on any atom is -0.366 e. The van der Waals surface area contributed by atoms with Gasteiger partial charge in [-0.15, -0.1) is 0 Å². The van der Waals surface area contributed by atoms with Gasteiger partial charge in [0.15, 0.2) is 11.6 Å². The summed E-state index contributed by atoms with van der Waals surface area (Å²) in [6.45, 7) is 5.89. The first-order chi connectivity index (χ1) is 8.31. The van der Waals surface area contributed by atoms with Crippen LogP contribution >= 0.6 is 0 Å². The van der Waals surface area contributed by atoms with Gasteiger partial charge in [0.25, 0.3) is 0 Å². The van der Waals surface area contributed by atoms with Gasteiger partial charge in [-0.3, -0.25) is 0 Å². The lowest BCUT2D eigenvalue weighted by molar-refractivity contribution is 0.352. The normalized spacial score (nSPS) is 16.4. The van der Waals surface area contributed by atoms with Crippen LogP contribution in [0.1, 0.15) is 25.5 Å². The van der Waals surface area contributed by atoms with Crippen LogP contribution in [-0.2, 0) is 6.42 Å². The summed E-state index contributed by atoms with van der Waals surface area (Å²) in [7, 11) is 0. The van der Waals surface area contributed by atoms with Gasteiger partial charge in [-0.1, -0.05) is 6.92 Å². The van der Waals surface area contributed by atoms with Crippen molar-refractivity contribution in [2.75, 3.05) is 31.5 Å². The fourth-order valence-corrected chi connectivity index (χ4v) is 2.11. The number of anilines is 1. The van der Waals surface area contributed by atoms with Crippen LogP contribution in [0.25, 0.3) is 0 Å². The molecule has 0 unspecified atom stereocenters. The Labute approximate surface area is 101 Å². The standard InChI is InChI=1S/C12H19FN4/c1-2-10-11(13)12(16-9-15-10)14-5-8-17-6-3-4-7-17/h9H,2-8H2,1H3,(H,14,15,16). The molecule has 0 aliphatic carbocycles. The quantitative estimate of drug-likeness (QED) is 0.847. The van der Waals surface area contributed by atoms with Gasteiger partial charge in [-0.25, -0.2) is 14.4 Å². The van der Waals surface area contributed by atoms with Crippen molar-refractivity contribution in [2.45, 2.75) is 26.2 Å². The fourth-order valence-electron chi connectivity index (χ4n) is 2.11. The van der Waals surface area contributed by atoms with E-state index in [2.05, 4.69) is 20.2 Å². The number of rotatable bonds is 5. The number of halogens is 1. The van der Waals surface area contributed by atoms with E-state index in [1.165, 1.54) is 19.2 Å². The van der Waals surface area contributed by atoms with Crippen molar-refractivity contribution in [1.82, 2.24) is 14.9 Å². The molecule has 2 rings (SSSR count). The van der Waals surface area contributed by atoms with Gasteiger partial charge in [0, 0.05) is 13.1 Å². The molecule has 1 saturated heterocycles. The Balaban J connectivity index is 1.85. The number of hydrogen-bond donors (Lipinski definition) is 1. The Morgan fingerprint density at radius 2 is 2.12 bits per heavy atom. The van der Waals surface area contributed by atoms with Gasteiger partial charge in [0.1, 0.15) is 6.33 Å². The Hall–Kier alpha value is -1.23. The third-order valence-electron chi connectivity index (χ3n) is 3.12. The molecule has 1 aliphatic rings. The van der Waals surface area contributed by atoms with Crippen molar-refractivity contribution < 1.29 is 4.39 Å². The lowest BCUT2D eigenvalue weighted by Gasteiger charge is -2.15. The number of aryl methyl sites for hydroxylation is 1. The van der Waals surface area contributed by atoms with E-state index in [4.69, 9.17) is 0 Å². The van der Waals surface area contributed by atoms with Gasteiger partial charge in [0.2, 0.25) is 0 Å². The van der Waals surface area contributed by atoms with Crippen molar-refractivity contribution in [1.29, 1.82) is 0 Å². The fraction of sp³-hybridized carbons (Fsp3) is 0.667. The second kappa shape index (κ2) is 5.91. The maximum atomic E-state index is 13.8. The maximum absolute atomic E-state index is 13.8. The summed E-state index contributed by atoms with van der Waals surface area (Å²) in [4.78, 5) is 10.2. The summed E-state index contributed by atoms with van der Waals surface area (Å²) in [5, 5.41) is 3.05. The Bertz CT molecular complexity index is 364. The first kappa shape index (κ1) is 12.2. The molecule has 0 aromatic carbocycles. The molecule has 4 nitrogen and oxygen atoms in total. The molecule has 2 heterocycles. The average Bonchev–Trinajstić information content (AvgIpc) is 2.84. The lowest BCUT2D eigenvalue weighted by atomic mass is 10.3. The number of aromatic nitrogens is 2. The highest BCUT2D eigenvalue weighted by Crippen LogP contribution is 2.13. The van der Waals surface area contributed by atoms with Crippen LogP contribution in [0, 0.1) is 5.82 Å². The van der Waals surface area contributed by atoms with Crippen LogP contribution in [-0.4, -0.2) is 41.0 Å². The third-order valence-corrected chi connectivity index (χ3v) is 3.12. The Kier molecular flexibility index (Phi) is 4.25. The second-order valence-electron chi connectivity index (χ2n) is 4.31. The molecule has 1 aromatic rings. The minimum atomic E-state index is -0.309. The summed E-state index contributed by atoms with van der Waals surface area (Å²) in [6, 6.07) is 0. The van der Waals surface area contributed by atoms with E-state index in [9.17, 15) is 4.39 Å². The molecule has 0 radical (unpaired) electrons.